The quantitative estimate of drug-likeness (QED) is 0.359. The Morgan fingerprint density at radius 2 is 2.00 bits per heavy atom. The molecule has 1 fully saturated rings. The summed E-state index contributed by atoms with van der Waals surface area (Å²) in [7, 11) is 0. The molecule has 0 spiro atoms. The zero-order chi connectivity index (χ0) is 12.3. The van der Waals surface area contributed by atoms with Gasteiger partial charge < -0.3 is 10.5 Å². The first-order valence-corrected chi connectivity index (χ1v) is 5.49. The molecule has 0 bridgehead atoms. The Balaban J connectivity index is 1.97. The number of nitrogens with one attached hydrogen (secondary N) is 1. The average Bonchev–Trinajstić information content (AvgIpc) is 3.12. The van der Waals surface area contributed by atoms with Crippen molar-refractivity contribution in [1.82, 2.24) is 0 Å². The first kappa shape index (κ1) is 11.4. The van der Waals surface area contributed by atoms with Crippen molar-refractivity contribution in [3.05, 3.63) is 35.9 Å². The van der Waals surface area contributed by atoms with Crippen LogP contribution in [0, 0.1) is 11.3 Å². The van der Waals surface area contributed by atoms with Crippen LogP contribution < -0.4 is 10.5 Å². The van der Waals surface area contributed by atoms with E-state index in [1.807, 2.05) is 12.1 Å². The third-order valence-electron chi connectivity index (χ3n) is 2.46. The molecule has 4 heteroatoms. The van der Waals surface area contributed by atoms with E-state index < -0.39 is 0 Å². The molecule has 0 heterocycles. The monoisotopic (exact) mass is 230 g/mol. The van der Waals surface area contributed by atoms with Crippen LogP contribution in [0.3, 0.4) is 0 Å². The number of carbonyl (C=O) groups excluding carboxylic acids is 1. The Hall–Kier alpha value is -2.10. The zero-order valence-electron chi connectivity index (χ0n) is 9.35. The minimum Gasteiger partial charge on any atom is -0.426 e. The highest BCUT2D eigenvalue weighted by Gasteiger charge is 2.31. The van der Waals surface area contributed by atoms with Gasteiger partial charge in [-0.1, -0.05) is 18.2 Å². The normalized spacial score (nSPS) is 14.8. The molecule has 0 aromatic heterocycles. The van der Waals surface area contributed by atoms with Crippen LogP contribution in [-0.2, 0) is 4.79 Å². The van der Waals surface area contributed by atoms with E-state index in [0.717, 1.165) is 18.4 Å². The number of esters is 1. The van der Waals surface area contributed by atoms with E-state index in [9.17, 15) is 4.79 Å². The molecule has 0 radical (unpaired) electrons. The van der Waals surface area contributed by atoms with Gasteiger partial charge in [0, 0.05) is 0 Å². The Labute approximate surface area is 99.6 Å². The topological polar surface area (TPSA) is 76.2 Å². The number of hydrogen-bond donors (Lipinski definition) is 2. The number of amidine groups is 1. The molecule has 1 aromatic rings. The molecule has 88 valence electrons. The van der Waals surface area contributed by atoms with E-state index in [1.54, 1.807) is 18.2 Å². The van der Waals surface area contributed by atoms with Crippen molar-refractivity contribution in [1.29, 1.82) is 5.41 Å². The van der Waals surface area contributed by atoms with Crippen molar-refractivity contribution in [3.63, 3.8) is 0 Å². The summed E-state index contributed by atoms with van der Waals surface area (Å²) in [5.41, 5.74) is 6.11. The van der Waals surface area contributed by atoms with E-state index in [0.29, 0.717) is 5.75 Å². The number of carbonyl (C=O) groups is 1. The molecular formula is C13H14N2O2. The summed E-state index contributed by atoms with van der Waals surface area (Å²) in [6, 6.07) is 7.10. The highest BCUT2D eigenvalue weighted by atomic mass is 16.5. The van der Waals surface area contributed by atoms with Gasteiger partial charge in [0.25, 0.3) is 0 Å². The molecule has 1 saturated carbocycles. The van der Waals surface area contributed by atoms with Gasteiger partial charge in [-0.05, 0) is 36.6 Å². The maximum absolute atomic E-state index is 11.4. The Bertz CT molecular complexity index is 459. The maximum Gasteiger partial charge on any atom is 0.314 e. The van der Waals surface area contributed by atoms with E-state index in [-0.39, 0.29) is 17.7 Å². The van der Waals surface area contributed by atoms with Crippen LogP contribution in [0.4, 0.5) is 0 Å². The van der Waals surface area contributed by atoms with Gasteiger partial charge >= 0.3 is 5.97 Å². The molecule has 0 aliphatic heterocycles. The molecular weight excluding hydrogens is 216 g/mol. The van der Waals surface area contributed by atoms with Gasteiger partial charge in [0.2, 0.25) is 0 Å². The van der Waals surface area contributed by atoms with Crippen LogP contribution in [0.1, 0.15) is 18.4 Å². The average molecular weight is 230 g/mol. The molecule has 0 unspecified atom stereocenters. The molecule has 4 nitrogen and oxygen atoms in total. The summed E-state index contributed by atoms with van der Waals surface area (Å²) in [6.07, 6.45) is 5.12. The second-order valence-corrected chi connectivity index (χ2v) is 4.05. The lowest BCUT2D eigenvalue weighted by Gasteiger charge is -2.03. The fourth-order valence-electron chi connectivity index (χ4n) is 1.35. The van der Waals surface area contributed by atoms with Gasteiger partial charge in [-0.2, -0.15) is 0 Å². The van der Waals surface area contributed by atoms with Crippen LogP contribution >= 0.6 is 0 Å². The predicted molar refractivity (Wildman–Crippen MR) is 65.7 cm³/mol. The van der Waals surface area contributed by atoms with Gasteiger partial charge in [0.05, 0.1) is 5.92 Å². The SMILES string of the molecule is N=C(N)/C=C/c1ccc(OC(=O)C2CC2)cc1. The summed E-state index contributed by atoms with van der Waals surface area (Å²) < 4.78 is 5.19. The molecule has 0 amide bonds. The summed E-state index contributed by atoms with van der Waals surface area (Å²) in [5.74, 6) is 0.528. The predicted octanol–water partition coefficient (Wildman–Crippen LogP) is 1.95. The summed E-state index contributed by atoms with van der Waals surface area (Å²) in [6.45, 7) is 0. The third-order valence-corrected chi connectivity index (χ3v) is 2.46. The number of ether oxygens (including phenoxy) is 1. The molecule has 0 atom stereocenters. The molecule has 2 rings (SSSR count). The van der Waals surface area contributed by atoms with Gasteiger partial charge in [0.1, 0.15) is 11.6 Å². The van der Waals surface area contributed by atoms with Gasteiger partial charge in [0.15, 0.2) is 0 Å². The Kier molecular flexibility index (Phi) is 3.23. The van der Waals surface area contributed by atoms with Crippen molar-refractivity contribution in [2.24, 2.45) is 11.7 Å². The molecule has 1 aliphatic rings. The molecule has 1 aromatic carbocycles. The van der Waals surface area contributed by atoms with E-state index in [4.69, 9.17) is 15.9 Å². The number of rotatable bonds is 4. The van der Waals surface area contributed by atoms with Crippen LogP contribution in [0.2, 0.25) is 0 Å². The second kappa shape index (κ2) is 4.82. The third kappa shape index (κ3) is 3.45. The van der Waals surface area contributed by atoms with E-state index in [1.165, 1.54) is 6.08 Å². The zero-order valence-corrected chi connectivity index (χ0v) is 9.35. The second-order valence-electron chi connectivity index (χ2n) is 4.05. The van der Waals surface area contributed by atoms with Crippen LogP contribution in [-0.4, -0.2) is 11.8 Å². The highest BCUT2D eigenvalue weighted by Crippen LogP contribution is 2.30. The van der Waals surface area contributed by atoms with Crippen molar-refractivity contribution in [2.45, 2.75) is 12.8 Å². The van der Waals surface area contributed by atoms with E-state index in [2.05, 4.69) is 0 Å². The maximum atomic E-state index is 11.4. The van der Waals surface area contributed by atoms with Gasteiger partial charge in [-0.3, -0.25) is 10.2 Å². The first-order valence-electron chi connectivity index (χ1n) is 5.49. The van der Waals surface area contributed by atoms with Gasteiger partial charge in [-0.25, -0.2) is 0 Å². The Morgan fingerprint density at radius 3 is 2.53 bits per heavy atom. The van der Waals surface area contributed by atoms with Crippen molar-refractivity contribution >= 4 is 17.9 Å². The van der Waals surface area contributed by atoms with Crippen LogP contribution in [0.5, 0.6) is 5.75 Å². The first-order chi connectivity index (χ1) is 8.15. The fraction of sp³-hybridized carbons (Fsp3) is 0.231. The fourth-order valence-corrected chi connectivity index (χ4v) is 1.35. The lowest BCUT2D eigenvalue weighted by atomic mass is 10.2. The molecule has 17 heavy (non-hydrogen) atoms. The van der Waals surface area contributed by atoms with Crippen molar-refractivity contribution in [2.75, 3.05) is 0 Å². The number of benzene rings is 1. The minimum absolute atomic E-state index is 0.00855. The molecule has 0 saturated heterocycles. The van der Waals surface area contributed by atoms with Crippen LogP contribution in [0.25, 0.3) is 6.08 Å². The standard InChI is InChI=1S/C13H14N2O2/c14-12(15)8-3-9-1-6-11(7-2-9)17-13(16)10-4-5-10/h1-3,6-8,10H,4-5H2,(H3,14,15)/b8-3+. The van der Waals surface area contributed by atoms with Crippen molar-refractivity contribution in [3.8, 4) is 5.75 Å². The highest BCUT2D eigenvalue weighted by molar-refractivity contribution is 5.92. The number of hydrogen-bond acceptors (Lipinski definition) is 3. The summed E-state index contributed by atoms with van der Waals surface area (Å²) in [5, 5.41) is 7.05. The molecule has 3 N–H and O–H groups in total. The Morgan fingerprint density at radius 1 is 1.35 bits per heavy atom. The lowest BCUT2D eigenvalue weighted by molar-refractivity contribution is -0.135. The number of nitrogens with two attached hydrogens (primary N) is 1. The molecule has 1 aliphatic carbocycles. The van der Waals surface area contributed by atoms with Crippen LogP contribution in [0.15, 0.2) is 30.3 Å². The lowest BCUT2D eigenvalue weighted by Crippen LogP contribution is -2.09. The summed E-state index contributed by atoms with van der Waals surface area (Å²) >= 11 is 0. The van der Waals surface area contributed by atoms with E-state index >= 15 is 0 Å². The largest absolute Gasteiger partial charge is 0.426 e. The smallest absolute Gasteiger partial charge is 0.314 e. The van der Waals surface area contributed by atoms with Crippen molar-refractivity contribution < 1.29 is 9.53 Å². The van der Waals surface area contributed by atoms with Gasteiger partial charge in [-0.15, -0.1) is 0 Å². The minimum atomic E-state index is -0.142. The summed E-state index contributed by atoms with van der Waals surface area (Å²) in [4.78, 5) is 11.4.